The monoisotopic (exact) mass is 391 g/mol. The molecule has 0 aromatic heterocycles. The molecule has 7 nitrogen and oxygen atoms in total. The van der Waals surface area contributed by atoms with Gasteiger partial charge in [-0.25, -0.2) is 0 Å². The van der Waals surface area contributed by atoms with Crippen molar-refractivity contribution in [1.82, 2.24) is 15.1 Å². The highest BCUT2D eigenvalue weighted by molar-refractivity contribution is 5.93. The van der Waals surface area contributed by atoms with Gasteiger partial charge in [-0.1, -0.05) is 0 Å². The zero-order valence-corrected chi connectivity index (χ0v) is 18.0. The molecule has 0 amide bonds. The summed E-state index contributed by atoms with van der Waals surface area (Å²) in [4.78, 5) is 9.70. The van der Waals surface area contributed by atoms with E-state index in [0.29, 0.717) is 6.61 Å². The normalized spacial score (nSPS) is 16.5. The van der Waals surface area contributed by atoms with Crippen LogP contribution in [0.1, 0.15) is 26.7 Å². The van der Waals surface area contributed by atoms with E-state index in [1.807, 2.05) is 25.1 Å². The number of methoxy groups -OCH3 is 1. The Balaban J connectivity index is 1.88. The van der Waals surface area contributed by atoms with Gasteiger partial charge < -0.3 is 29.9 Å². The van der Waals surface area contributed by atoms with E-state index in [1.54, 1.807) is 7.11 Å². The number of anilines is 1. The Morgan fingerprint density at radius 1 is 1.14 bits per heavy atom. The van der Waals surface area contributed by atoms with E-state index < -0.39 is 0 Å². The third-order valence-electron chi connectivity index (χ3n) is 4.78. The van der Waals surface area contributed by atoms with Gasteiger partial charge in [0.25, 0.3) is 0 Å². The molecule has 1 aromatic rings. The number of hydrogen-bond acceptors (Lipinski definition) is 5. The van der Waals surface area contributed by atoms with Crippen molar-refractivity contribution >= 4 is 11.6 Å². The highest BCUT2D eigenvalue weighted by Gasteiger charge is 2.11. The summed E-state index contributed by atoms with van der Waals surface area (Å²) < 4.78 is 11.0. The lowest BCUT2D eigenvalue weighted by Gasteiger charge is -2.19. The number of ether oxygens (including phenoxy) is 2. The van der Waals surface area contributed by atoms with Crippen LogP contribution in [0, 0.1) is 0 Å². The molecule has 7 heteroatoms. The van der Waals surface area contributed by atoms with Gasteiger partial charge in [-0.3, -0.25) is 4.99 Å². The largest absolute Gasteiger partial charge is 0.493 e. The third-order valence-corrected chi connectivity index (χ3v) is 4.78. The molecule has 158 valence electrons. The van der Waals surface area contributed by atoms with Crippen LogP contribution < -0.4 is 20.1 Å². The van der Waals surface area contributed by atoms with Crippen molar-refractivity contribution in [2.24, 2.45) is 4.99 Å². The van der Waals surface area contributed by atoms with Gasteiger partial charge in [0.1, 0.15) is 0 Å². The molecular formula is C21H37N5O2. The Morgan fingerprint density at radius 2 is 2.00 bits per heavy atom. The molecule has 0 aliphatic carbocycles. The molecule has 0 radical (unpaired) electrons. The fraction of sp³-hybridized carbons (Fsp3) is 0.667. The van der Waals surface area contributed by atoms with Crippen molar-refractivity contribution in [3.8, 4) is 11.5 Å². The van der Waals surface area contributed by atoms with Crippen molar-refractivity contribution in [3.05, 3.63) is 18.2 Å². The van der Waals surface area contributed by atoms with Gasteiger partial charge in [-0.15, -0.1) is 0 Å². The van der Waals surface area contributed by atoms with Crippen LogP contribution in [0.5, 0.6) is 11.5 Å². The molecule has 1 heterocycles. The average molecular weight is 392 g/mol. The standard InChI is InChI=1S/C21H37N5O2/c1-5-22-21(23-11-7-13-26-14-8-12-25(3)15-16-26)24-18-9-10-19(27-4)20(17-18)28-6-2/h9-10,17H,5-8,11-16H2,1-4H3,(H2,22,23,24). The van der Waals surface area contributed by atoms with Gasteiger partial charge in [-0.05, 0) is 65.5 Å². The summed E-state index contributed by atoms with van der Waals surface area (Å²) in [6.45, 7) is 12.1. The lowest BCUT2D eigenvalue weighted by Crippen LogP contribution is -2.32. The van der Waals surface area contributed by atoms with Gasteiger partial charge >= 0.3 is 0 Å². The van der Waals surface area contributed by atoms with Crippen LogP contribution in [0.15, 0.2) is 23.2 Å². The van der Waals surface area contributed by atoms with E-state index in [-0.39, 0.29) is 0 Å². The summed E-state index contributed by atoms with van der Waals surface area (Å²) in [5.41, 5.74) is 0.930. The maximum Gasteiger partial charge on any atom is 0.195 e. The smallest absolute Gasteiger partial charge is 0.195 e. The SMILES string of the molecule is CCNC(=NCCCN1CCCN(C)CC1)Nc1ccc(OC)c(OCC)c1. The highest BCUT2D eigenvalue weighted by atomic mass is 16.5. The molecule has 0 saturated carbocycles. The summed E-state index contributed by atoms with van der Waals surface area (Å²) >= 11 is 0. The second kappa shape index (κ2) is 12.5. The minimum atomic E-state index is 0.597. The number of benzene rings is 1. The van der Waals surface area contributed by atoms with Crippen molar-refractivity contribution < 1.29 is 9.47 Å². The van der Waals surface area contributed by atoms with Crippen LogP contribution in [0.4, 0.5) is 5.69 Å². The number of nitrogens with zero attached hydrogens (tertiary/aromatic N) is 3. The summed E-state index contributed by atoms with van der Waals surface area (Å²) in [5.74, 6) is 2.26. The van der Waals surface area contributed by atoms with Crippen LogP contribution in [-0.2, 0) is 0 Å². The number of hydrogen-bond donors (Lipinski definition) is 2. The average Bonchev–Trinajstić information content (AvgIpc) is 2.90. The molecular weight excluding hydrogens is 354 g/mol. The molecule has 1 saturated heterocycles. The van der Waals surface area contributed by atoms with Gasteiger partial charge in [0.2, 0.25) is 0 Å². The molecule has 1 aliphatic rings. The Kier molecular flexibility index (Phi) is 9.93. The quantitative estimate of drug-likeness (QED) is 0.383. The molecule has 0 unspecified atom stereocenters. The summed E-state index contributed by atoms with van der Waals surface area (Å²) in [6.07, 6.45) is 2.32. The topological polar surface area (TPSA) is 61.4 Å². The molecule has 2 rings (SSSR count). The van der Waals surface area contributed by atoms with Crippen LogP contribution in [0.25, 0.3) is 0 Å². The van der Waals surface area contributed by atoms with E-state index in [9.17, 15) is 0 Å². The van der Waals surface area contributed by atoms with Crippen LogP contribution in [0.2, 0.25) is 0 Å². The number of likely N-dealkylation sites (N-methyl/N-ethyl adjacent to an activating group) is 1. The zero-order valence-electron chi connectivity index (χ0n) is 18.0. The van der Waals surface area contributed by atoms with E-state index in [0.717, 1.165) is 62.3 Å². The molecule has 0 spiro atoms. The Labute approximate surface area is 170 Å². The fourth-order valence-corrected chi connectivity index (χ4v) is 3.28. The Morgan fingerprint density at radius 3 is 2.75 bits per heavy atom. The zero-order chi connectivity index (χ0) is 20.2. The van der Waals surface area contributed by atoms with Crippen LogP contribution >= 0.6 is 0 Å². The van der Waals surface area contributed by atoms with Crippen molar-refractivity contribution in [1.29, 1.82) is 0 Å². The van der Waals surface area contributed by atoms with Gasteiger partial charge in [-0.2, -0.15) is 0 Å². The van der Waals surface area contributed by atoms with Gasteiger partial charge in [0.15, 0.2) is 17.5 Å². The van der Waals surface area contributed by atoms with Gasteiger partial charge in [0, 0.05) is 37.9 Å². The molecule has 0 bridgehead atoms. The number of rotatable bonds is 9. The lowest BCUT2D eigenvalue weighted by atomic mass is 10.2. The van der Waals surface area contributed by atoms with Crippen LogP contribution in [-0.4, -0.2) is 82.3 Å². The molecule has 2 N–H and O–H groups in total. The van der Waals surface area contributed by atoms with Crippen molar-refractivity contribution in [2.45, 2.75) is 26.7 Å². The van der Waals surface area contributed by atoms with E-state index in [2.05, 4.69) is 34.4 Å². The first-order chi connectivity index (χ1) is 13.7. The van der Waals surface area contributed by atoms with Crippen molar-refractivity contribution in [3.63, 3.8) is 0 Å². The second-order valence-electron chi connectivity index (χ2n) is 7.04. The van der Waals surface area contributed by atoms with Crippen LogP contribution in [0.3, 0.4) is 0 Å². The van der Waals surface area contributed by atoms with Crippen molar-refractivity contribution in [2.75, 3.05) is 71.9 Å². The fourth-order valence-electron chi connectivity index (χ4n) is 3.28. The first kappa shape index (κ1) is 22.3. The molecule has 28 heavy (non-hydrogen) atoms. The molecule has 0 atom stereocenters. The minimum Gasteiger partial charge on any atom is -0.493 e. The second-order valence-corrected chi connectivity index (χ2v) is 7.04. The third kappa shape index (κ3) is 7.56. The molecule has 1 aliphatic heterocycles. The maximum absolute atomic E-state index is 5.66. The van der Waals surface area contributed by atoms with E-state index in [4.69, 9.17) is 14.5 Å². The van der Waals surface area contributed by atoms with E-state index >= 15 is 0 Å². The molecule has 1 aromatic carbocycles. The maximum atomic E-state index is 5.66. The number of guanidine groups is 1. The molecule has 1 fully saturated rings. The van der Waals surface area contributed by atoms with Gasteiger partial charge in [0.05, 0.1) is 13.7 Å². The van der Waals surface area contributed by atoms with E-state index in [1.165, 1.54) is 19.5 Å². The lowest BCUT2D eigenvalue weighted by molar-refractivity contribution is 0.275. The highest BCUT2D eigenvalue weighted by Crippen LogP contribution is 2.30. The Hall–Kier alpha value is -1.99. The first-order valence-corrected chi connectivity index (χ1v) is 10.4. The first-order valence-electron chi connectivity index (χ1n) is 10.4. The summed E-state index contributed by atoms with van der Waals surface area (Å²) in [5, 5.41) is 6.68. The number of nitrogens with one attached hydrogen (secondary N) is 2. The number of aliphatic imine (C=N–C) groups is 1. The predicted molar refractivity (Wildman–Crippen MR) is 117 cm³/mol. The Bertz CT molecular complexity index is 608. The minimum absolute atomic E-state index is 0.597. The predicted octanol–water partition coefficient (Wildman–Crippen LogP) is 2.50. The summed E-state index contributed by atoms with van der Waals surface area (Å²) in [7, 11) is 3.86. The summed E-state index contributed by atoms with van der Waals surface area (Å²) in [6, 6.07) is 5.83.